The van der Waals surface area contributed by atoms with Crippen molar-refractivity contribution in [2.45, 2.75) is 44.1 Å². The summed E-state index contributed by atoms with van der Waals surface area (Å²) in [4.78, 5) is 16.0. The maximum absolute atomic E-state index is 11.9. The van der Waals surface area contributed by atoms with Crippen molar-refractivity contribution in [3.63, 3.8) is 0 Å². The summed E-state index contributed by atoms with van der Waals surface area (Å²) in [5.74, 6) is -0.668. The van der Waals surface area contributed by atoms with Crippen LogP contribution in [0.4, 0.5) is 0 Å². The Morgan fingerprint density at radius 3 is 2.76 bits per heavy atom. The number of rotatable bonds is 4. The SMILES string of the molecule is N#Cc1cn(-c2ccc(C3(O)CCOCC3)cc2C2=CCCCC2)c(C(N)=O)n1. The molecule has 7 heteroatoms. The summed E-state index contributed by atoms with van der Waals surface area (Å²) in [6.45, 7) is 1.05. The molecule has 0 bridgehead atoms. The van der Waals surface area contributed by atoms with E-state index in [1.54, 1.807) is 4.57 Å². The summed E-state index contributed by atoms with van der Waals surface area (Å²) in [5.41, 5.74) is 8.41. The van der Waals surface area contributed by atoms with E-state index in [1.807, 2.05) is 24.3 Å². The molecule has 1 fully saturated rings. The van der Waals surface area contributed by atoms with E-state index in [1.165, 1.54) is 11.8 Å². The number of hydrogen-bond acceptors (Lipinski definition) is 5. The van der Waals surface area contributed by atoms with Gasteiger partial charge in [0.15, 0.2) is 5.69 Å². The van der Waals surface area contributed by atoms with E-state index in [0.29, 0.717) is 26.1 Å². The van der Waals surface area contributed by atoms with E-state index >= 15 is 0 Å². The number of imidazole rings is 1. The molecule has 1 aliphatic carbocycles. The predicted octanol–water partition coefficient (Wildman–Crippen LogP) is 2.80. The van der Waals surface area contributed by atoms with Gasteiger partial charge in [-0.25, -0.2) is 4.98 Å². The number of nitrogens with two attached hydrogens (primary N) is 1. The highest BCUT2D eigenvalue weighted by molar-refractivity contribution is 5.90. The van der Waals surface area contributed by atoms with E-state index in [4.69, 9.17) is 10.5 Å². The lowest BCUT2D eigenvalue weighted by Gasteiger charge is -2.33. The Bertz CT molecular complexity index is 1010. The van der Waals surface area contributed by atoms with Crippen LogP contribution in [0, 0.1) is 11.3 Å². The molecule has 2 aliphatic rings. The molecule has 29 heavy (non-hydrogen) atoms. The van der Waals surface area contributed by atoms with Crippen molar-refractivity contribution >= 4 is 11.5 Å². The molecule has 7 nitrogen and oxygen atoms in total. The van der Waals surface area contributed by atoms with Crippen molar-refractivity contribution in [3.05, 3.63) is 53.1 Å². The highest BCUT2D eigenvalue weighted by Gasteiger charge is 2.33. The maximum Gasteiger partial charge on any atom is 0.285 e. The molecule has 1 aromatic heterocycles. The summed E-state index contributed by atoms with van der Waals surface area (Å²) in [6, 6.07) is 7.74. The van der Waals surface area contributed by atoms with Crippen molar-refractivity contribution in [3.8, 4) is 11.8 Å². The quantitative estimate of drug-likeness (QED) is 0.830. The van der Waals surface area contributed by atoms with Crippen LogP contribution in [-0.4, -0.2) is 33.8 Å². The lowest BCUT2D eigenvalue weighted by molar-refractivity contribution is -0.0679. The van der Waals surface area contributed by atoms with Gasteiger partial charge in [0.25, 0.3) is 5.91 Å². The number of ether oxygens (including phenoxy) is 1. The van der Waals surface area contributed by atoms with Crippen molar-refractivity contribution in [1.82, 2.24) is 9.55 Å². The van der Waals surface area contributed by atoms with Gasteiger partial charge in [-0.15, -0.1) is 0 Å². The number of hydrogen-bond donors (Lipinski definition) is 2. The third-order valence-corrected chi connectivity index (χ3v) is 5.79. The number of aromatic nitrogens is 2. The Hall–Kier alpha value is -2.95. The number of carbonyl (C=O) groups is 1. The lowest BCUT2D eigenvalue weighted by Crippen LogP contribution is -2.33. The zero-order valence-corrected chi connectivity index (χ0v) is 16.2. The molecule has 2 aromatic rings. The van der Waals surface area contributed by atoms with E-state index in [-0.39, 0.29) is 11.5 Å². The summed E-state index contributed by atoms with van der Waals surface area (Å²) < 4.78 is 7.00. The maximum atomic E-state index is 11.9. The van der Waals surface area contributed by atoms with E-state index in [9.17, 15) is 15.2 Å². The van der Waals surface area contributed by atoms with E-state index in [2.05, 4.69) is 11.1 Å². The molecule has 4 rings (SSSR count). The first-order chi connectivity index (χ1) is 14.0. The van der Waals surface area contributed by atoms with Crippen molar-refractivity contribution in [2.75, 3.05) is 13.2 Å². The van der Waals surface area contributed by atoms with Crippen LogP contribution in [0.2, 0.25) is 0 Å². The van der Waals surface area contributed by atoms with Crippen molar-refractivity contribution in [2.24, 2.45) is 5.73 Å². The number of carbonyl (C=O) groups excluding carboxylic acids is 1. The molecule has 0 spiro atoms. The van der Waals surface area contributed by atoms with Gasteiger partial charge < -0.3 is 15.6 Å². The van der Waals surface area contributed by atoms with Gasteiger partial charge in [-0.3, -0.25) is 9.36 Å². The zero-order valence-electron chi connectivity index (χ0n) is 16.2. The molecule has 1 saturated heterocycles. The van der Waals surface area contributed by atoms with Crippen LogP contribution in [-0.2, 0) is 10.3 Å². The molecule has 0 unspecified atom stereocenters. The first-order valence-corrected chi connectivity index (χ1v) is 9.95. The van der Waals surface area contributed by atoms with Crippen LogP contribution in [0.5, 0.6) is 0 Å². The molecule has 0 radical (unpaired) electrons. The molecular weight excluding hydrogens is 368 g/mol. The Morgan fingerprint density at radius 2 is 2.10 bits per heavy atom. The molecule has 2 heterocycles. The number of benzene rings is 1. The number of aliphatic hydroxyl groups is 1. The second-order valence-electron chi connectivity index (χ2n) is 7.65. The highest BCUT2D eigenvalue weighted by atomic mass is 16.5. The van der Waals surface area contributed by atoms with Gasteiger partial charge in [-0.1, -0.05) is 12.1 Å². The second-order valence-corrected chi connectivity index (χ2v) is 7.65. The van der Waals surface area contributed by atoms with Crippen LogP contribution < -0.4 is 5.73 Å². The average molecular weight is 392 g/mol. The first kappa shape index (κ1) is 19.4. The molecule has 150 valence electrons. The van der Waals surface area contributed by atoms with E-state index < -0.39 is 11.5 Å². The van der Waals surface area contributed by atoms with Gasteiger partial charge >= 0.3 is 0 Å². The smallest absolute Gasteiger partial charge is 0.285 e. The second kappa shape index (κ2) is 7.82. The third kappa shape index (κ3) is 3.69. The van der Waals surface area contributed by atoms with Gasteiger partial charge in [0.05, 0.1) is 11.3 Å². The fraction of sp³-hybridized carbons (Fsp3) is 0.409. The summed E-state index contributed by atoms with van der Waals surface area (Å²) >= 11 is 0. The molecule has 1 amide bonds. The van der Waals surface area contributed by atoms with Crippen LogP contribution >= 0.6 is 0 Å². The van der Waals surface area contributed by atoms with Crippen LogP contribution in [0.15, 0.2) is 30.5 Å². The van der Waals surface area contributed by atoms with Gasteiger partial charge in [-0.2, -0.15) is 5.26 Å². The predicted molar refractivity (Wildman–Crippen MR) is 107 cm³/mol. The Morgan fingerprint density at radius 1 is 1.31 bits per heavy atom. The fourth-order valence-electron chi connectivity index (χ4n) is 4.16. The fourth-order valence-corrected chi connectivity index (χ4v) is 4.16. The first-order valence-electron chi connectivity index (χ1n) is 9.95. The molecule has 0 saturated carbocycles. The minimum atomic E-state index is -0.931. The molecule has 3 N–H and O–H groups in total. The third-order valence-electron chi connectivity index (χ3n) is 5.79. The zero-order chi connectivity index (χ0) is 20.4. The number of amides is 1. The van der Waals surface area contributed by atoms with Crippen LogP contribution in [0.1, 0.15) is 66.0 Å². The van der Waals surface area contributed by atoms with Crippen LogP contribution in [0.3, 0.4) is 0 Å². The standard InChI is InChI=1S/C22H24N4O3/c23-13-17-14-26(21(25-17)20(24)27)19-7-6-16(22(28)8-10-29-11-9-22)12-18(19)15-4-2-1-3-5-15/h4,6-7,12,14,28H,1-3,5,8-11H2,(H2,24,27). The topological polar surface area (TPSA) is 114 Å². The van der Waals surface area contributed by atoms with Crippen molar-refractivity contribution < 1.29 is 14.6 Å². The molecule has 0 atom stereocenters. The van der Waals surface area contributed by atoms with Gasteiger partial charge in [0, 0.05) is 37.8 Å². The average Bonchev–Trinajstić information content (AvgIpc) is 3.19. The summed E-state index contributed by atoms with van der Waals surface area (Å²) in [6.07, 6.45) is 8.98. The molecular formula is C22H24N4O3. The molecule has 1 aromatic carbocycles. The monoisotopic (exact) mass is 392 g/mol. The number of allylic oxidation sites excluding steroid dienone is 2. The summed E-state index contributed by atoms with van der Waals surface area (Å²) in [7, 11) is 0. The number of nitriles is 1. The Labute approximate surface area is 169 Å². The van der Waals surface area contributed by atoms with Gasteiger partial charge in [-0.05, 0) is 49.0 Å². The Kier molecular flexibility index (Phi) is 5.22. The van der Waals surface area contributed by atoms with Crippen molar-refractivity contribution in [1.29, 1.82) is 5.26 Å². The van der Waals surface area contributed by atoms with E-state index in [0.717, 1.165) is 42.5 Å². The highest BCUT2D eigenvalue weighted by Crippen LogP contribution is 2.37. The van der Waals surface area contributed by atoms with Crippen LogP contribution in [0.25, 0.3) is 11.3 Å². The Balaban J connectivity index is 1.88. The minimum absolute atomic E-state index is 0.0248. The largest absolute Gasteiger partial charge is 0.385 e. The number of nitrogens with zero attached hydrogens (tertiary/aromatic N) is 3. The molecule has 1 aliphatic heterocycles. The van der Waals surface area contributed by atoms with Gasteiger partial charge in [0.2, 0.25) is 5.82 Å². The lowest BCUT2D eigenvalue weighted by atomic mass is 9.83. The normalized spacial score (nSPS) is 18.7. The minimum Gasteiger partial charge on any atom is -0.385 e. The van der Waals surface area contributed by atoms with Gasteiger partial charge in [0.1, 0.15) is 6.07 Å². The summed E-state index contributed by atoms with van der Waals surface area (Å²) in [5, 5.41) is 20.4. The number of primary amides is 1.